The maximum absolute atomic E-state index is 13.2. The highest BCUT2D eigenvalue weighted by molar-refractivity contribution is 6.15. The third-order valence-corrected chi connectivity index (χ3v) is 5.20. The van der Waals surface area contributed by atoms with E-state index in [4.69, 9.17) is 4.74 Å². The number of hydrogen-bond acceptors (Lipinski definition) is 5. The molecule has 8 nitrogen and oxygen atoms in total. The van der Waals surface area contributed by atoms with Crippen LogP contribution in [0.2, 0.25) is 0 Å². The van der Waals surface area contributed by atoms with Crippen molar-refractivity contribution in [3.8, 4) is 0 Å². The highest BCUT2D eigenvalue weighted by atomic mass is 16.5. The third-order valence-electron chi connectivity index (χ3n) is 5.20. The number of carbonyl (C=O) groups excluding carboxylic acids is 4. The van der Waals surface area contributed by atoms with Gasteiger partial charge in [-0.1, -0.05) is 31.6 Å². The lowest BCUT2D eigenvalue weighted by Gasteiger charge is -2.47. The second-order valence-electron chi connectivity index (χ2n) is 7.05. The van der Waals surface area contributed by atoms with Crippen LogP contribution in [-0.2, 0) is 19.1 Å². The molecule has 1 aromatic rings. The number of ether oxygens (including phenoxy) is 1. The number of carbonyl (C=O) groups is 4. The van der Waals surface area contributed by atoms with Gasteiger partial charge in [0, 0.05) is 25.9 Å². The monoisotopic (exact) mass is 399 g/mol. The number of unbranched alkanes of at least 4 members (excludes halogenated alkanes) is 1. The number of fused-ring (bicyclic) bond motifs is 3. The minimum Gasteiger partial charge on any atom is -0.452 e. The maximum Gasteiger partial charge on any atom is 0.354 e. The Morgan fingerprint density at radius 2 is 2.07 bits per heavy atom. The molecule has 29 heavy (non-hydrogen) atoms. The van der Waals surface area contributed by atoms with Gasteiger partial charge in [-0.2, -0.15) is 0 Å². The molecule has 0 unspecified atom stereocenters. The quantitative estimate of drug-likeness (QED) is 0.407. The van der Waals surface area contributed by atoms with Gasteiger partial charge in [-0.05, 0) is 18.6 Å². The lowest BCUT2D eigenvalue weighted by molar-refractivity contribution is -0.159. The predicted octanol–water partition coefficient (Wildman–Crippen LogP) is 1.61. The molecule has 2 aliphatic rings. The van der Waals surface area contributed by atoms with Gasteiger partial charge in [-0.3, -0.25) is 19.3 Å². The van der Waals surface area contributed by atoms with Gasteiger partial charge < -0.3 is 15.0 Å². The number of para-hydroxylation sites is 1. The third kappa shape index (κ3) is 3.50. The molecule has 2 heterocycles. The van der Waals surface area contributed by atoms with E-state index in [9.17, 15) is 19.2 Å². The molecule has 0 saturated carbocycles. The number of rotatable bonds is 8. The molecule has 1 atom stereocenters. The minimum atomic E-state index is -1.61. The first kappa shape index (κ1) is 20.6. The molecule has 3 rings (SSSR count). The van der Waals surface area contributed by atoms with E-state index < -0.39 is 24.1 Å². The standard InChI is InChI=1S/C21H25N3O5/c1-3-5-12-22-17(25)14-29-20(28)21-11-10-18(26)24(21)16-9-7-6-8-15(16)19(27)23(21)13-4-2/h4,6-9H,2-3,5,10-14H2,1H3,(H,22,25)/t21-/m0/s1. The molecule has 3 amide bonds. The van der Waals surface area contributed by atoms with Crippen molar-refractivity contribution in [3.05, 3.63) is 42.5 Å². The highest BCUT2D eigenvalue weighted by Crippen LogP contribution is 2.44. The molecule has 1 aromatic carbocycles. The van der Waals surface area contributed by atoms with Crippen LogP contribution in [0.4, 0.5) is 5.69 Å². The summed E-state index contributed by atoms with van der Waals surface area (Å²) in [5.74, 6) is -1.87. The second-order valence-corrected chi connectivity index (χ2v) is 7.05. The van der Waals surface area contributed by atoms with Gasteiger partial charge in [0.25, 0.3) is 11.8 Å². The van der Waals surface area contributed by atoms with Gasteiger partial charge in [-0.15, -0.1) is 6.58 Å². The van der Waals surface area contributed by atoms with Crippen molar-refractivity contribution in [1.29, 1.82) is 0 Å². The zero-order valence-electron chi connectivity index (χ0n) is 16.5. The molecule has 154 valence electrons. The van der Waals surface area contributed by atoms with Crippen LogP contribution in [0.3, 0.4) is 0 Å². The number of anilines is 1. The molecule has 1 N–H and O–H groups in total. The van der Waals surface area contributed by atoms with E-state index in [1.165, 1.54) is 15.9 Å². The molecular formula is C21H25N3O5. The van der Waals surface area contributed by atoms with E-state index in [0.717, 1.165) is 12.8 Å². The number of hydrogen-bond donors (Lipinski definition) is 1. The van der Waals surface area contributed by atoms with Crippen LogP contribution in [0.5, 0.6) is 0 Å². The summed E-state index contributed by atoms with van der Waals surface area (Å²) < 4.78 is 5.29. The average Bonchev–Trinajstić information content (AvgIpc) is 3.08. The van der Waals surface area contributed by atoms with Crippen molar-refractivity contribution in [3.63, 3.8) is 0 Å². The van der Waals surface area contributed by atoms with Gasteiger partial charge in [-0.25, -0.2) is 4.79 Å². The smallest absolute Gasteiger partial charge is 0.354 e. The lowest BCUT2D eigenvalue weighted by atomic mass is 9.96. The molecular weight excluding hydrogens is 374 g/mol. The first-order chi connectivity index (χ1) is 14.0. The van der Waals surface area contributed by atoms with Gasteiger partial charge in [0.2, 0.25) is 11.6 Å². The molecule has 0 bridgehead atoms. The summed E-state index contributed by atoms with van der Waals surface area (Å²) in [5.41, 5.74) is -0.893. The fourth-order valence-corrected chi connectivity index (χ4v) is 3.83. The highest BCUT2D eigenvalue weighted by Gasteiger charge is 2.61. The molecule has 0 radical (unpaired) electrons. The van der Waals surface area contributed by atoms with E-state index >= 15 is 0 Å². The first-order valence-corrected chi connectivity index (χ1v) is 9.76. The van der Waals surface area contributed by atoms with Crippen LogP contribution in [0, 0.1) is 0 Å². The van der Waals surface area contributed by atoms with Gasteiger partial charge in [0.05, 0.1) is 11.3 Å². The van der Waals surface area contributed by atoms with Crippen LogP contribution in [-0.4, -0.2) is 54.0 Å². The fourth-order valence-electron chi connectivity index (χ4n) is 3.83. The maximum atomic E-state index is 13.2. The van der Waals surface area contributed by atoms with E-state index in [2.05, 4.69) is 11.9 Å². The van der Waals surface area contributed by atoms with E-state index in [-0.39, 0.29) is 31.2 Å². The Morgan fingerprint density at radius 1 is 1.31 bits per heavy atom. The number of nitrogens with zero attached hydrogens (tertiary/aromatic N) is 2. The van der Waals surface area contributed by atoms with Crippen LogP contribution in [0.25, 0.3) is 0 Å². The zero-order chi connectivity index (χ0) is 21.0. The molecule has 8 heteroatoms. The Morgan fingerprint density at radius 3 is 2.79 bits per heavy atom. The van der Waals surface area contributed by atoms with Crippen molar-refractivity contribution in [2.75, 3.05) is 24.6 Å². The largest absolute Gasteiger partial charge is 0.452 e. The topological polar surface area (TPSA) is 96.0 Å². The lowest BCUT2D eigenvalue weighted by Crippen LogP contribution is -2.68. The molecule has 1 saturated heterocycles. The predicted molar refractivity (Wildman–Crippen MR) is 106 cm³/mol. The normalized spacial score (nSPS) is 20.2. The summed E-state index contributed by atoms with van der Waals surface area (Å²) in [5, 5.41) is 2.68. The van der Waals surface area contributed by atoms with Crippen LogP contribution < -0.4 is 10.2 Å². The average molecular weight is 399 g/mol. The van der Waals surface area contributed by atoms with Gasteiger partial charge in [0.1, 0.15) is 0 Å². The molecule has 0 aliphatic carbocycles. The van der Waals surface area contributed by atoms with Crippen molar-refractivity contribution < 1.29 is 23.9 Å². The van der Waals surface area contributed by atoms with Crippen molar-refractivity contribution in [1.82, 2.24) is 10.2 Å². The Labute approximate surface area is 169 Å². The van der Waals surface area contributed by atoms with Crippen LogP contribution in [0.1, 0.15) is 43.0 Å². The van der Waals surface area contributed by atoms with E-state index in [1.54, 1.807) is 24.3 Å². The van der Waals surface area contributed by atoms with Crippen molar-refractivity contribution in [2.24, 2.45) is 0 Å². The van der Waals surface area contributed by atoms with E-state index in [0.29, 0.717) is 17.8 Å². The molecule has 2 aliphatic heterocycles. The number of esters is 1. The second kappa shape index (κ2) is 8.46. The van der Waals surface area contributed by atoms with Crippen LogP contribution in [0.15, 0.2) is 36.9 Å². The van der Waals surface area contributed by atoms with Crippen molar-refractivity contribution in [2.45, 2.75) is 38.3 Å². The van der Waals surface area contributed by atoms with Gasteiger partial charge in [0.15, 0.2) is 6.61 Å². The Hall–Kier alpha value is -3.16. The van der Waals surface area contributed by atoms with Crippen molar-refractivity contribution >= 4 is 29.4 Å². The molecule has 1 fully saturated rings. The number of benzene rings is 1. The van der Waals surface area contributed by atoms with E-state index in [1.807, 2.05) is 6.92 Å². The number of nitrogens with one attached hydrogen (secondary N) is 1. The number of amides is 3. The SMILES string of the molecule is C=CCN1C(=O)c2ccccc2N2C(=O)CC[C@]12C(=O)OCC(=O)NCCCC. The Bertz CT molecular complexity index is 852. The fraction of sp³-hybridized carbons (Fsp3) is 0.429. The summed E-state index contributed by atoms with van der Waals surface area (Å²) in [6.45, 7) is 5.77. The summed E-state index contributed by atoms with van der Waals surface area (Å²) in [6.07, 6.45) is 3.44. The summed E-state index contributed by atoms with van der Waals surface area (Å²) in [6, 6.07) is 6.67. The molecule has 0 spiro atoms. The van der Waals surface area contributed by atoms with Crippen LogP contribution >= 0.6 is 0 Å². The van der Waals surface area contributed by atoms with Gasteiger partial charge >= 0.3 is 5.97 Å². The summed E-state index contributed by atoms with van der Waals surface area (Å²) >= 11 is 0. The Balaban J connectivity index is 1.92. The minimum absolute atomic E-state index is 0.0642. The summed E-state index contributed by atoms with van der Waals surface area (Å²) in [7, 11) is 0. The Kier molecular flexibility index (Phi) is 6.00. The zero-order valence-corrected chi connectivity index (χ0v) is 16.5. The molecule has 0 aromatic heterocycles. The first-order valence-electron chi connectivity index (χ1n) is 9.76. The summed E-state index contributed by atoms with van der Waals surface area (Å²) in [4.78, 5) is 53.7.